The molecular formula is C13H14FNO4. The van der Waals surface area contributed by atoms with Crippen LogP contribution in [0.15, 0.2) is 24.3 Å². The van der Waals surface area contributed by atoms with Crippen LogP contribution in [0.5, 0.6) is 5.75 Å². The van der Waals surface area contributed by atoms with Gasteiger partial charge in [0.25, 0.3) is 5.91 Å². The SMILES string of the molecule is COc1ccc(C(=O)N2CCC(F)(C(=O)O)C2)cc1. The van der Waals surface area contributed by atoms with Crippen LogP contribution in [0.4, 0.5) is 4.39 Å². The van der Waals surface area contributed by atoms with E-state index >= 15 is 0 Å². The highest BCUT2D eigenvalue weighted by atomic mass is 19.1. The first-order chi connectivity index (χ1) is 8.96. The summed E-state index contributed by atoms with van der Waals surface area (Å²) in [5.74, 6) is -1.27. The summed E-state index contributed by atoms with van der Waals surface area (Å²) >= 11 is 0. The summed E-state index contributed by atoms with van der Waals surface area (Å²) in [4.78, 5) is 24.1. The zero-order valence-electron chi connectivity index (χ0n) is 10.4. The number of carboxylic acids is 1. The number of ether oxygens (including phenoxy) is 1. The average Bonchev–Trinajstić information content (AvgIpc) is 2.82. The number of alkyl halides is 1. The zero-order chi connectivity index (χ0) is 14.0. The number of aliphatic carboxylic acids is 1. The third-order valence-corrected chi connectivity index (χ3v) is 3.23. The number of nitrogens with zero attached hydrogens (tertiary/aromatic N) is 1. The van der Waals surface area contributed by atoms with Gasteiger partial charge in [-0.2, -0.15) is 0 Å². The monoisotopic (exact) mass is 267 g/mol. The summed E-state index contributed by atoms with van der Waals surface area (Å²) in [5, 5.41) is 8.78. The number of hydrogen-bond donors (Lipinski definition) is 1. The lowest BCUT2D eigenvalue weighted by molar-refractivity contribution is -0.149. The average molecular weight is 267 g/mol. The summed E-state index contributed by atoms with van der Waals surface area (Å²) in [5.41, 5.74) is -1.95. The minimum atomic E-state index is -2.33. The Morgan fingerprint density at radius 1 is 1.37 bits per heavy atom. The van der Waals surface area contributed by atoms with E-state index in [0.29, 0.717) is 11.3 Å². The first-order valence-corrected chi connectivity index (χ1v) is 5.82. The Labute approximate surface area is 109 Å². The summed E-state index contributed by atoms with van der Waals surface area (Å²) in [7, 11) is 1.52. The van der Waals surface area contributed by atoms with Crippen LogP contribution < -0.4 is 4.74 Å². The first kappa shape index (κ1) is 13.3. The molecule has 1 amide bonds. The largest absolute Gasteiger partial charge is 0.497 e. The van der Waals surface area contributed by atoms with Crippen LogP contribution >= 0.6 is 0 Å². The molecule has 1 unspecified atom stereocenters. The maximum atomic E-state index is 13.9. The van der Waals surface area contributed by atoms with E-state index in [4.69, 9.17) is 9.84 Å². The maximum Gasteiger partial charge on any atom is 0.343 e. The number of methoxy groups -OCH3 is 1. The molecule has 0 aliphatic carbocycles. The van der Waals surface area contributed by atoms with Crippen LogP contribution in [-0.2, 0) is 4.79 Å². The number of carboxylic acid groups (broad SMARTS) is 1. The van der Waals surface area contributed by atoms with Gasteiger partial charge < -0.3 is 14.7 Å². The van der Waals surface area contributed by atoms with Crippen molar-refractivity contribution in [2.24, 2.45) is 0 Å². The van der Waals surface area contributed by atoms with Crippen LogP contribution in [0.2, 0.25) is 0 Å². The molecule has 0 spiro atoms. The number of benzene rings is 1. The minimum Gasteiger partial charge on any atom is -0.497 e. The number of likely N-dealkylation sites (tertiary alicyclic amines) is 1. The van der Waals surface area contributed by atoms with Crippen LogP contribution in [0, 0.1) is 0 Å². The summed E-state index contributed by atoms with van der Waals surface area (Å²) in [6.45, 7) is -0.305. The van der Waals surface area contributed by atoms with Gasteiger partial charge in [-0.3, -0.25) is 4.79 Å². The second-order valence-electron chi connectivity index (χ2n) is 4.48. The van der Waals surface area contributed by atoms with E-state index in [1.165, 1.54) is 12.0 Å². The second-order valence-corrected chi connectivity index (χ2v) is 4.48. The molecule has 0 radical (unpaired) electrons. The Balaban J connectivity index is 2.11. The Bertz CT molecular complexity index is 502. The van der Waals surface area contributed by atoms with E-state index in [0.717, 1.165) is 0 Å². The number of halogens is 1. The number of rotatable bonds is 3. The Morgan fingerprint density at radius 2 is 2.00 bits per heavy atom. The highest BCUT2D eigenvalue weighted by Crippen LogP contribution is 2.27. The minimum absolute atomic E-state index is 0.105. The number of carbonyl (C=O) groups excluding carboxylic acids is 1. The van der Waals surface area contributed by atoms with Crippen molar-refractivity contribution in [2.75, 3.05) is 20.2 Å². The molecule has 5 nitrogen and oxygen atoms in total. The lowest BCUT2D eigenvalue weighted by atomic mass is 10.1. The predicted octanol–water partition coefficient (Wildman–Crippen LogP) is 1.33. The van der Waals surface area contributed by atoms with Crippen molar-refractivity contribution in [2.45, 2.75) is 12.1 Å². The van der Waals surface area contributed by atoms with Gasteiger partial charge in [0.2, 0.25) is 5.67 Å². The molecule has 1 aromatic carbocycles. The van der Waals surface area contributed by atoms with Crippen molar-refractivity contribution in [3.63, 3.8) is 0 Å². The third kappa shape index (κ3) is 2.52. The molecular weight excluding hydrogens is 253 g/mol. The molecule has 1 N–H and O–H groups in total. The van der Waals surface area contributed by atoms with Gasteiger partial charge in [0.1, 0.15) is 5.75 Å². The first-order valence-electron chi connectivity index (χ1n) is 5.82. The fourth-order valence-electron chi connectivity index (χ4n) is 2.04. The molecule has 102 valence electrons. The van der Waals surface area contributed by atoms with Crippen molar-refractivity contribution in [1.29, 1.82) is 0 Å². The van der Waals surface area contributed by atoms with Gasteiger partial charge >= 0.3 is 5.97 Å². The van der Waals surface area contributed by atoms with Gasteiger partial charge in [0.05, 0.1) is 13.7 Å². The lowest BCUT2D eigenvalue weighted by Crippen LogP contribution is -2.38. The normalized spacial score (nSPS) is 22.3. The number of hydrogen-bond acceptors (Lipinski definition) is 3. The standard InChI is InChI=1S/C13H14FNO4/c1-19-10-4-2-9(3-5-10)11(16)15-7-6-13(14,8-15)12(17)18/h2-5H,6-8H2,1H3,(H,17,18). The predicted molar refractivity (Wildman–Crippen MR) is 65.0 cm³/mol. The summed E-state index contributed by atoms with van der Waals surface area (Å²) in [6, 6.07) is 6.40. The van der Waals surface area contributed by atoms with Gasteiger partial charge in [-0.1, -0.05) is 0 Å². The van der Waals surface area contributed by atoms with Gasteiger partial charge in [-0.05, 0) is 24.3 Å². The second kappa shape index (κ2) is 4.87. The van der Waals surface area contributed by atoms with Crippen LogP contribution in [-0.4, -0.2) is 47.8 Å². The molecule has 0 saturated carbocycles. The number of carbonyl (C=O) groups is 2. The topological polar surface area (TPSA) is 66.8 Å². The van der Waals surface area contributed by atoms with Crippen molar-refractivity contribution in [3.05, 3.63) is 29.8 Å². The molecule has 6 heteroatoms. The van der Waals surface area contributed by atoms with Gasteiger partial charge in [0.15, 0.2) is 0 Å². The Hall–Kier alpha value is -2.11. The van der Waals surface area contributed by atoms with Crippen molar-refractivity contribution in [3.8, 4) is 5.75 Å². The third-order valence-electron chi connectivity index (χ3n) is 3.23. The fraction of sp³-hybridized carbons (Fsp3) is 0.385. The molecule has 1 atom stereocenters. The zero-order valence-corrected chi connectivity index (χ0v) is 10.4. The highest BCUT2D eigenvalue weighted by molar-refractivity contribution is 5.95. The quantitative estimate of drug-likeness (QED) is 0.897. The Kier molecular flexibility index (Phi) is 3.42. The number of amides is 1. The molecule has 1 saturated heterocycles. The van der Waals surface area contributed by atoms with Crippen LogP contribution in [0.1, 0.15) is 16.8 Å². The molecule has 0 bridgehead atoms. The highest BCUT2D eigenvalue weighted by Gasteiger charge is 2.46. The van der Waals surface area contributed by atoms with Crippen LogP contribution in [0.3, 0.4) is 0 Å². The molecule has 1 heterocycles. The van der Waals surface area contributed by atoms with Crippen molar-refractivity contribution >= 4 is 11.9 Å². The summed E-state index contributed by atoms with van der Waals surface area (Å²) < 4.78 is 18.8. The maximum absolute atomic E-state index is 13.9. The molecule has 1 fully saturated rings. The molecule has 19 heavy (non-hydrogen) atoms. The van der Waals surface area contributed by atoms with E-state index in [9.17, 15) is 14.0 Å². The van der Waals surface area contributed by atoms with Gasteiger partial charge in [-0.25, -0.2) is 9.18 Å². The van der Waals surface area contributed by atoms with E-state index in [-0.39, 0.29) is 18.9 Å². The molecule has 1 aliphatic heterocycles. The fourth-order valence-corrected chi connectivity index (χ4v) is 2.04. The van der Waals surface area contributed by atoms with Gasteiger partial charge in [0, 0.05) is 18.5 Å². The molecule has 1 aliphatic rings. The van der Waals surface area contributed by atoms with Gasteiger partial charge in [-0.15, -0.1) is 0 Å². The van der Waals surface area contributed by atoms with Crippen molar-refractivity contribution < 1.29 is 23.8 Å². The van der Waals surface area contributed by atoms with Crippen molar-refractivity contribution in [1.82, 2.24) is 4.90 Å². The molecule has 0 aromatic heterocycles. The van der Waals surface area contributed by atoms with E-state index in [2.05, 4.69) is 0 Å². The smallest absolute Gasteiger partial charge is 0.343 e. The van der Waals surface area contributed by atoms with Crippen LogP contribution in [0.25, 0.3) is 0 Å². The molecule has 2 rings (SSSR count). The lowest BCUT2D eigenvalue weighted by Gasteiger charge is -2.17. The van der Waals surface area contributed by atoms with E-state index in [1.54, 1.807) is 24.3 Å². The Morgan fingerprint density at radius 3 is 2.47 bits per heavy atom. The molecule has 1 aromatic rings. The summed E-state index contributed by atoms with van der Waals surface area (Å²) in [6.07, 6.45) is -0.176. The van der Waals surface area contributed by atoms with E-state index < -0.39 is 18.2 Å². The van der Waals surface area contributed by atoms with E-state index in [1.807, 2.05) is 0 Å².